The Kier molecular flexibility index (Phi) is 5.48. The van der Waals surface area contributed by atoms with Gasteiger partial charge in [0, 0.05) is 49.6 Å². The van der Waals surface area contributed by atoms with E-state index in [-0.39, 0.29) is 35.1 Å². The zero-order valence-electron chi connectivity index (χ0n) is 16.3. The van der Waals surface area contributed by atoms with Gasteiger partial charge in [-0.1, -0.05) is 0 Å². The van der Waals surface area contributed by atoms with Crippen LogP contribution in [0.3, 0.4) is 0 Å². The Labute approximate surface area is 169 Å². The van der Waals surface area contributed by atoms with Crippen LogP contribution in [0.15, 0.2) is 18.2 Å². The smallest absolute Gasteiger partial charge is 0.262 e. The molecule has 1 aromatic carbocycles. The van der Waals surface area contributed by atoms with Crippen LogP contribution in [0.5, 0.6) is 0 Å². The monoisotopic (exact) mass is 405 g/mol. The molecule has 4 amide bonds. The molecule has 2 aliphatic heterocycles. The number of fused-ring (bicyclic) bond motifs is 1. The molecule has 1 aromatic rings. The number of carbonyl (C=O) groups is 4. The molecule has 1 saturated heterocycles. The highest BCUT2D eigenvalue weighted by Gasteiger charge is 2.42. The molecule has 0 spiro atoms. The number of nitrogens with zero attached hydrogens (tertiary/aromatic N) is 3. The fourth-order valence-electron chi connectivity index (χ4n) is 3.56. The summed E-state index contributed by atoms with van der Waals surface area (Å²) < 4.78 is 0. The fourth-order valence-corrected chi connectivity index (χ4v) is 3.73. The van der Waals surface area contributed by atoms with Gasteiger partial charge >= 0.3 is 0 Å². The summed E-state index contributed by atoms with van der Waals surface area (Å²) >= 11 is 5.61. The molecule has 1 fully saturated rings. The molecule has 3 rings (SSSR count). The maximum atomic E-state index is 12.9. The van der Waals surface area contributed by atoms with E-state index in [9.17, 15) is 19.2 Å². The second kappa shape index (κ2) is 7.54. The lowest BCUT2D eigenvalue weighted by molar-refractivity contribution is -0.132. The van der Waals surface area contributed by atoms with E-state index >= 15 is 0 Å². The molecule has 0 radical (unpaired) electrons. The van der Waals surface area contributed by atoms with E-state index < -0.39 is 5.54 Å². The minimum atomic E-state index is -0.636. The van der Waals surface area contributed by atoms with Crippen molar-refractivity contribution >= 4 is 35.2 Å². The van der Waals surface area contributed by atoms with Crippen LogP contribution in [-0.4, -0.2) is 75.9 Å². The van der Waals surface area contributed by atoms with Crippen molar-refractivity contribution in [3.8, 4) is 0 Å². The first-order chi connectivity index (χ1) is 13.1. The first kappa shape index (κ1) is 20.3. The quantitative estimate of drug-likeness (QED) is 0.569. The maximum Gasteiger partial charge on any atom is 0.262 e. The van der Waals surface area contributed by atoms with E-state index in [4.69, 9.17) is 11.6 Å². The topological polar surface area (TPSA) is 78.0 Å². The van der Waals surface area contributed by atoms with Crippen LogP contribution in [0.1, 0.15) is 58.3 Å². The maximum absolute atomic E-state index is 12.9. The number of carbonyl (C=O) groups excluding carboxylic acids is 4. The van der Waals surface area contributed by atoms with E-state index in [1.807, 2.05) is 0 Å². The second-order valence-corrected chi connectivity index (χ2v) is 8.37. The van der Waals surface area contributed by atoms with Gasteiger partial charge in [0.15, 0.2) is 0 Å². The highest BCUT2D eigenvalue weighted by Crippen LogP contribution is 2.30. The van der Waals surface area contributed by atoms with Gasteiger partial charge in [0.05, 0.1) is 11.1 Å². The van der Waals surface area contributed by atoms with Crippen LogP contribution < -0.4 is 0 Å². The molecule has 0 saturated carbocycles. The number of piperazine rings is 1. The van der Waals surface area contributed by atoms with Crippen molar-refractivity contribution in [2.45, 2.75) is 32.7 Å². The van der Waals surface area contributed by atoms with Gasteiger partial charge in [-0.15, -0.1) is 11.6 Å². The average molecular weight is 406 g/mol. The Hall–Kier alpha value is -2.41. The molecule has 28 heavy (non-hydrogen) atoms. The summed E-state index contributed by atoms with van der Waals surface area (Å²) in [6, 6.07) is 4.65. The molecule has 0 aromatic heterocycles. The molecule has 7 nitrogen and oxygen atoms in total. The number of alkyl halides is 1. The van der Waals surface area contributed by atoms with E-state index in [2.05, 4.69) is 0 Å². The molecular formula is C20H24ClN3O4. The first-order valence-electron chi connectivity index (χ1n) is 9.31. The average Bonchev–Trinajstić information content (AvgIpc) is 2.91. The van der Waals surface area contributed by atoms with Crippen molar-refractivity contribution in [2.24, 2.45) is 0 Å². The van der Waals surface area contributed by atoms with Crippen LogP contribution in [-0.2, 0) is 4.79 Å². The van der Waals surface area contributed by atoms with Crippen molar-refractivity contribution < 1.29 is 19.2 Å². The summed E-state index contributed by atoms with van der Waals surface area (Å²) in [7, 11) is 0. The summed E-state index contributed by atoms with van der Waals surface area (Å²) in [6.45, 7) is 7.16. The Morgan fingerprint density at radius 2 is 1.54 bits per heavy atom. The van der Waals surface area contributed by atoms with Crippen LogP contribution in [0.2, 0.25) is 0 Å². The van der Waals surface area contributed by atoms with E-state index in [1.165, 1.54) is 11.0 Å². The fraction of sp³-hybridized carbons (Fsp3) is 0.500. The van der Waals surface area contributed by atoms with Crippen LogP contribution in [0.25, 0.3) is 0 Å². The van der Waals surface area contributed by atoms with Crippen molar-refractivity contribution in [2.75, 3.05) is 32.1 Å². The van der Waals surface area contributed by atoms with Gasteiger partial charge in [-0.2, -0.15) is 0 Å². The Balaban J connectivity index is 1.74. The number of hydrogen-bond donors (Lipinski definition) is 0. The molecule has 0 aliphatic carbocycles. The van der Waals surface area contributed by atoms with Crippen molar-refractivity contribution in [1.29, 1.82) is 0 Å². The van der Waals surface area contributed by atoms with Gasteiger partial charge in [0.25, 0.3) is 17.7 Å². The van der Waals surface area contributed by atoms with Crippen LogP contribution >= 0.6 is 11.6 Å². The number of hydrogen-bond acceptors (Lipinski definition) is 4. The molecule has 2 heterocycles. The zero-order valence-corrected chi connectivity index (χ0v) is 17.1. The molecule has 150 valence electrons. The largest absolute Gasteiger partial charge is 0.339 e. The molecule has 0 bridgehead atoms. The van der Waals surface area contributed by atoms with Crippen molar-refractivity contribution in [1.82, 2.24) is 14.7 Å². The lowest BCUT2D eigenvalue weighted by Gasteiger charge is -2.34. The van der Waals surface area contributed by atoms with Gasteiger partial charge in [-0.05, 0) is 39.0 Å². The molecule has 2 aliphatic rings. The lowest BCUT2D eigenvalue weighted by Crippen LogP contribution is -2.50. The highest BCUT2D eigenvalue weighted by molar-refractivity contribution is 6.22. The van der Waals surface area contributed by atoms with Crippen molar-refractivity contribution in [3.05, 3.63) is 34.9 Å². The van der Waals surface area contributed by atoms with Crippen molar-refractivity contribution in [3.63, 3.8) is 0 Å². The molecule has 0 unspecified atom stereocenters. The Bertz CT molecular complexity index is 838. The predicted octanol–water partition coefficient (Wildman–Crippen LogP) is 1.99. The van der Waals surface area contributed by atoms with Crippen LogP contribution in [0.4, 0.5) is 0 Å². The lowest BCUT2D eigenvalue weighted by atomic mass is 10.0. The number of amides is 4. The van der Waals surface area contributed by atoms with Gasteiger partial charge in [-0.25, -0.2) is 0 Å². The third-order valence-electron chi connectivity index (χ3n) is 5.03. The van der Waals surface area contributed by atoms with E-state index in [0.29, 0.717) is 43.7 Å². The standard InChI is InChI=1S/C20H24ClN3O4/c1-20(2,3)24-18(27)14-5-4-13(12-15(14)19(24)28)17(26)23-10-8-22(9-11-23)16(25)6-7-21/h4-5,12H,6-11H2,1-3H3. The SMILES string of the molecule is CC(C)(C)N1C(=O)c2ccc(C(=O)N3CCN(C(=O)CCCl)CC3)cc2C1=O. The summed E-state index contributed by atoms with van der Waals surface area (Å²) in [5.41, 5.74) is 0.328. The Morgan fingerprint density at radius 1 is 0.964 bits per heavy atom. The van der Waals surface area contributed by atoms with Gasteiger partial charge in [-0.3, -0.25) is 24.1 Å². The third kappa shape index (κ3) is 3.63. The second-order valence-electron chi connectivity index (χ2n) is 7.99. The predicted molar refractivity (Wildman–Crippen MR) is 105 cm³/mol. The number of benzene rings is 1. The summed E-state index contributed by atoms with van der Waals surface area (Å²) in [4.78, 5) is 54.6. The minimum absolute atomic E-state index is 0.00832. The molecule has 0 atom stereocenters. The van der Waals surface area contributed by atoms with E-state index in [0.717, 1.165) is 0 Å². The summed E-state index contributed by atoms with van der Waals surface area (Å²) in [6.07, 6.45) is 0.292. The zero-order chi connectivity index (χ0) is 20.6. The number of rotatable bonds is 3. The molecule has 0 N–H and O–H groups in total. The van der Waals surface area contributed by atoms with Crippen LogP contribution in [0, 0.1) is 0 Å². The van der Waals surface area contributed by atoms with Gasteiger partial charge < -0.3 is 9.80 Å². The first-order valence-corrected chi connectivity index (χ1v) is 9.84. The highest BCUT2D eigenvalue weighted by atomic mass is 35.5. The normalized spacial score (nSPS) is 17.2. The number of halogens is 1. The van der Waals surface area contributed by atoms with Gasteiger partial charge in [0.1, 0.15) is 0 Å². The Morgan fingerprint density at radius 3 is 2.11 bits per heavy atom. The third-order valence-corrected chi connectivity index (χ3v) is 5.22. The summed E-state index contributed by atoms with van der Waals surface area (Å²) in [5, 5.41) is 0. The van der Waals surface area contributed by atoms with Gasteiger partial charge in [0.2, 0.25) is 5.91 Å². The summed E-state index contributed by atoms with van der Waals surface area (Å²) in [5.74, 6) is -0.643. The minimum Gasteiger partial charge on any atom is -0.339 e. The number of imide groups is 1. The van der Waals surface area contributed by atoms with E-state index in [1.54, 1.807) is 42.7 Å². The molecular weight excluding hydrogens is 382 g/mol. The molecule has 8 heteroatoms.